The van der Waals surface area contributed by atoms with Gasteiger partial charge >= 0.3 is 0 Å². The van der Waals surface area contributed by atoms with Crippen LogP contribution in [0.25, 0.3) is 0 Å². The van der Waals surface area contributed by atoms with E-state index in [4.69, 9.17) is 10.00 Å². The minimum absolute atomic E-state index is 0.0111. The first-order chi connectivity index (χ1) is 10.2. The van der Waals surface area contributed by atoms with E-state index < -0.39 is 0 Å². The van der Waals surface area contributed by atoms with E-state index in [0.29, 0.717) is 25.3 Å². The Morgan fingerprint density at radius 1 is 1.43 bits per heavy atom. The molecule has 2 rings (SSSR count). The monoisotopic (exact) mass is 285 g/mol. The smallest absolute Gasteiger partial charge is 0.242 e. The molecule has 0 bridgehead atoms. The van der Waals surface area contributed by atoms with Crippen LogP contribution in [-0.4, -0.2) is 40.3 Å². The molecule has 0 saturated carbocycles. The SMILES string of the molecule is C=C(CCC(=O)N1CCC=N1)COc1cnc(C#N)cn1. The molecule has 0 aliphatic carbocycles. The number of hydrogen-bond acceptors (Lipinski definition) is 6. The zero-order valence-electron chi connectivity index (χ0n) is 11.5. The molecule has 0 unspecified atom stereocenters. The number of carbonyl (C=O) groups excluding carboxylic acids is 1. The molecule has 21 heavy (non-hydrogen) atoms. The van der Waals surface area contributed by atoms with Crippen LogP contribution in [0.2, 0.25) is 0 Å². The number of nitrogens with zero attached hydrogens (tertiary/aromatic N) is 5. The third-order valence-electron chi connectivity index (χ3n) is 2.84. The van der Waals surface area contributed by atoms with Crippen molar-refractivity contribution in [2.45, 2.75) is 19.3 Å². The summed E-state index contributed by atoms with van der Waals surface area (Å²) in [5.74, 6) is 0.314. The van der Waals surface area contributed by atoms with Crippen molar-refractivity contribution in [1.29, 1.82) is 5.26 Å². The van der Waals surface area contributed by atoms with Crippen molar-refractivity contribution in [3.05, 3.63) is 30.2 Å². The molecule has 1 aliphatic heterocycles. The molecule has 1 aromatic rings. The van der Waals surface area contributed by atoms with Crippen molar-refractivity contribution in [3.8, 4) is 11.9 Å². The summed E-state index contributed by atoms with van der Waals surface area (Å²) in [6.07, 6.45) is 6.17. The van der Waals surface area contributed by atoms with E-state index in [9.17, 15) is 4.79 Å². The van der Waals surface area contributed by atoms with Gasteiger partial charge in [-0.15, -0.1) is 0 Å². The van der Waals surface area contributed by atoms with Crippen molar-refractivity contribution in [2.24, 2.45) is 5.10 Å². The first-order valence-corrected chi connectivity index (χ1v) is 6.53. The van der Waals surface area contributed by atoms with Gasteiger partial charge in [0.2, 0.25) is 11.8 Å². The van der Waals surface area contributed by atoms with Crippen molar-refractivity contribution in [1.82, 2.24) is 15.0 Å². The largest absolute Gasteiger partial charge is 0.472 e. The molecule has 2 heterocycles. The average Bonchev–Trinajstić information content (AvgIpc) is 3.05. The fourth-order valence-electron chi connectivity index (χ4n) is 1.69. The highest BCUT2D eigenvalue weighted by molar-refractivity contribution is 5.78. The second-order valence-corrected chi connectivity index (χ2v) is 4.49. The third kappa shape index (κ3) is 4.38. The van der Waals surface area contributed by atoms with E-state index in [-0.39, 0.29) is 18.2 Å². The summed E-state index contributed by atoms with van der Waals surface area (Å²) in [5.41, 5.74) is 1.02. The normalized spacial score (nSPS) is 13.0. The summed E-state index contributed by atoms with van der Waals surface area (Å²) in [5, 5.41) is 14.1. The minimum Gasteiger partial charge on any atom is -0.472 e. The molecule has 1 aliphatic rings. The van der Waals surface area contributed by atoms with Gasteiger partial charge in [0.1, 0.15) is 12.7 Å². The Kier molecular flexibility index (Phi) is 4.99. The summed E-state index contributed by atoms with van der Waals surface area (Å²) in [6, 6.07) is 1.88. The zero-order chi connectivity index (χ0) is 15.1. The van der Waals surface area contributed by atoms with Gasteiger partial charge in [-0.05, 0) is 12.0 Å². The summed E-state index contributed by atoms with van der Waals surface area (Å²) >= 11 is 0. The highest BCUT2D eigenvalue weighted by Crippen LogP contribution is 2.11. The van der Waals surface area contributed by atoms with E-state index in [0.717, 1.165) is 12.0 Å². The van der Waals surface area contributed by atoms with Gasteiger partial charge in [-0.25, -0.2) is 15.0 Å². The molecule has 0 aromatic carbocycles. The van der Waals surface area contributed by atoms with Crippen molar-refractivity contribution >= 4 is 12.1 Å². The van der Waals surface area contributed by atoms with Gasteiger partial charge in [-0.2, -0.15) is 10.4 Å². The van der Waals surface area contributed by atoms with Crippen molar-refractivity contribution < 1.29 is 9.53 Å². The fourth-order valence-corrected chi connectivity index (χ4v) is 1.69. The Morgan fingerprint density at radius 3 is 2.90 bits per heavy atom. The molecule has 0 atom stereocenters. The van der Waals surface area contributed by atoms with Crippen molar-refractivity contribution in [2.75, 3.05) is 13.2 Å². The lowest BCUT2D eigenvalue weighted by atomic mass is 10.1. The third-order valence-corrected chi connectivity index (χ3v) is 2.84. The predicted octanol–water partition coefficient (Wildman–Crippen LogP) is 1.28. The maximum Gasteiger partial charge on any atom is 0.242 e. The summed E-state index contributed by atoms with van der Waals surface area (Å²) in [6.45, 7) is 4.78. The van der Waals surface area contributed by atoms with E-state index in [1.54, 1.807) is 6.21 Å². The van der Waals surface area contributed by atoms with E-state index >= 15 is 0 Å². The highest BCUT2D eigenvalue weighted by Gasteiger charge is 2.15. The second-order valence-electron chi connectivity index (χ2n) is 4.49. The molecular formula is C14H15N5O2. The molecule has 0 radical (unpaired) electrons. The summed E-state index contributed by atoms with van der Waals surface area (Å²) in [4.78, 5) is 19.6. The molecule has 0 fully saturated rings. The highest BCUT2D eigenvalue weighted by atomic mass is 16.5. The van der Waals surface area contributed by atoms with Crippen LogP contribution in [-0.2, 0) is 4.79 Å². The molecule has 7 nitrogen and oxygen atoms in total. The predicted molar refractivity (Wildman–Crippen MR) is 75.4 cm³/mol. The number of amides is 1. The first kappa shape index (κ1) is 14.7. The van der Waals surface area contributed by atoms with Gasteiger partial charge in [-0.3, -0.25) is 4.79 Å². The van der Waals surface area contributed by atoms with Crippen LogP contribution in [0, 0.1) is 11.3 Å². The number of hydrazone groups is 1. The van der Waals surface area contributed by atoms with E-state index in [1.165, 1.54) is 17.4 Å². The van der Waals surface area contributed by atoms with Gasteiger partial charge in [0.25, 0.3) is 0 Å². The molecule has 7 heteroatoms. The zero-order valence-corrected chi connectivity index (χ0v) is 11.5. The number of aromatic nitrogens is 2. The molecule has 108 valence electrons. The summed E-state index contributed by atoms with van der Waals surface area (Å²) in [7, 11) is 0. The minimum atomic E-state index is -0.0111. The fraction of sp³-hybridized carbons (Fsp3) is 0.357. The van der Waals surface area contributed by atoms with Crippen LogP contribution in [0.15, 0.2) is 29.6 Å². The van der Waals surface area contributed by atoms with Crippen LogP contribution in [0.4, 0.5) is 0 Å². The lowest BCUT2D eigenvalue weighted by molar-refractivity contribution is -0.130. The molecular weight excluding hydrogens is 270 g/mol. The Hall–Kier alpha value is -2.75. The Labute approximate surface area is 122 Å². The number of carbonyl (C=O) groups is 1. The van der Waals surface area contributed by atoms with Gasteiger partial charge in [0.15, 0.2) is 5.69 Å². The van der Waals surface area contributed by atoms with Gasteiger partial charge in [0, 0.05) is 25.6 Å². The Balaban J connectivity index is 1.70. The molecule has 0 saturated heterocycles. The number of nitriles is 1. The van der Waals surface area contributed by atoms with Crippen LogP contribution in [0.5, 0.6) is 5.88 Å². The number of rotatable bonds is 6. The molecule has 0 N–H and O–H groups in total. The van der Waals surface area contributed by atoms with Crippen molar-refractivity contribution in [3.63, 3.8) is 0 Å². The molecule has 1 amide bonds. The van der Waals surface area contributed by atoms with Crippen LogP contribution >= 0.6 is 0 Å². The topological polar surface area (TPSA) is 91.5 Å². The quantitative estimate of drug-likeness (QED) is 0.734. The first-order valence-electron chi connectivity index (χ1n) is 6.53. The molecule has 1 aromatic heterocycles. The number of ether oxygens (including phenoxy) is 1. The average molecular weight is 285 g/mol. The van der Waals surface area contributed by atoms with E-state index in [1.807, 2.05) is 6.07 Å². The standard InChI is InChI=1S/C14H15N5O2/c1-11(3-4-14(20)19-6-2-5-18-19)10-21-13-9-16-12(7-15)8-17-13/h5,8-9H,1-4,6,10H2. The maximum absolute atomic E-state index is 11.8. The Bertz CT molecular complexity index is 588. The van der Waals surface area contributed by atoms with Crippen LogP contribution < -0.4 is 4.74 Å². The maximum atomic E-state index is 11.8. The summed E-state index contributed by atoms with van der Waals surface area (Å²) < 4.78 is 5.39. The van der Waals surface area contributed by atoms with Crippen LogP contribution in [0.3, 0.4) is 0 Å². The van der Waals surface area contributed by atoms with Gasteiger partial charge in [-0.1, -0.05) is 6.58 Å². The van der Waals surface area contributed by atoms with Gasteiger partial charge in [0.05, 0.1) is 12.4 Å². The van der Waals surface area contributed by atoms with E-state index in [2.05, 4.69) is 21.6 Å². The van der Waals surface area contributed by atoms with Gasteiger partial charge < -0.3 is 4.74 Å². The molecule has 0 spiro atoms. The second kappa shape index (κ2) is 7.14. The lowest BCUT2D eigenvalue weighted by Gasteiger charge is -2.12. The number of hydrogen-bond donors (Lipinski definition) is 0. The lowest BCUT2D eigenvalue weighted by Crippen LogP contribution is -2.23. The Morgan fingerprint density at radius 2 is 2.29 bits per heavy atom. The van der Waals surface area contributed by atoms with Crippen LogP contribution in [0.1, 0.15) is 25.0 Å².